The number of hydrogen-bond donors (Lipinski definition) is 1. The quantitative estimate of drug-likeness (QED) is 0.546. The maximum atomic E-state index is 14.4. The number of nitrogens with one attached hydrogen (secondary N) is 1. The van der Waals surface area contributed by atoms with Crippen LogP contribution in [0.5, 0.6) is 5.75 Å². The second-order valence-corrected chi connectivity index (χ2v) is 7.64. The van der Waals surface area contributed by atoms with Gasteiger partial charge in [-0.05, 0) is 56.9 Å². The average molecular weight is 436 g/mol. The van der Waals surface area contributed by atoms with Crippen molar-refractivity contribution in [2.45, 2.75) is 6.42 Å². The molecule has 0 aliphatic carbocycles. The van der Waals surface area contributed by atoms with Gasteiger partial charge in [-0.15, -0.1) is 0 Å². The van der Waals surface area contributed by atoms with Gasteiger partial charge in [0, 0.05) is 19.2 Å². The summed E-state index contributed by atoms with van der Waals surface area (Å²) in [5, 5.41) is 12.3. The molecule has 166 valence electrons. The van der Waals surface area contributed by atoms with Crippen molar-refractivity contribution in [1.29, 1.82) is 5.26 Å². The zero-order valence-electron chi connectivity index (χ0n) is 18.6. The first-order chi connectivity index (χ1) is 15.3. The maximum absolute atomic E-state index is 14.4. The van der Waals surface area contributed by atoms with Crippen molar-refractivity contribution in [3.05, 3.63) is 64.2 Å². The Balaban J connectivity index is 2.14. The highest BCUT2D eigenvalue weighted by Crippen LogP contribution is 2.31. The largest absolute Gasteiger partial charge is 0.497 e. The molecule has 0 aliphatic heterocycles. The van der Waals surface area contributed by atoms with E-state index in [1.807, 2.05) is 20.2 Å². The van der Waals surface area contributed by atoms with Gasteiger partial charge in [0.1, 0.15) is 17.6 Å². The van der Waals surface area contributed by atoms with Crippen LogP contribution < -0.4 is 15.6 Å². The van der Waals surface area contributed by atoms with Crippen LogP contribution in [0.3, 0.4) is 0 Å². The summed E-state index contributed by atoms with van der Waals surface area (Å²) in [7, 11) is 7.21. The summed E-state index contributed by atoms with van der Waals surface area (Å²) in [5.41, 5.74) is 1.42. The summed E-state index contributed by atoms with van der Waals surface area (Å²) in [4.78, 5) is 20.2. The molecule has 1 aromatic heterocycles. The molecule has 0 saturated carbocycles. The highest BCUT2D eigenvalue weighted by Gasteiger charge is 2.19. The van der Waals surface area contributed by atoms with Crippen LogP contribution in [0, 0.1) is 17.1 Å². The van der Waals surface area contributed by atoms with Gasteiger partial charge in [0.15, 0.2) is 0 Å². The second-order valence-electron chi connectivity index (χ2n) is 7.64. The summed E-state index contributed by atoms with van der Waals surface area (Å²) in [6.07, 6.45) is 0.865. The number of anilines is 1. The Morgan fingerprint density at radius 3 is 2.47 bits per heavy atom. The maximum Gasteiger partial charge on any atom is 0.263 e. The molecule has 0 bridgehead atoms. The molecule has 7 nitrogen and oxygen atoms in total. The number of hydrogen-bond acceptors (Lipinski definition) is 6. The Morgan fingerprint density at radius 2 is 1.88 bits per heavy atom. The first-order valence-electron chi connectivity index (χ1n) is 10.2. The molecular formula is C24H26FN5O2. The summed E-state index contributed by atoms with van der Waals surface area (Å²) in [6, 6.07) is 13.1. The fourth-order valence-corrected chi connectivity index (χ4v) is 3.34. The van der Waals surface area contributed by atoms with Crippen LogP contribution in [0.1, 0.15) is 12.0 Å². The number of rotatable bonds is 8. The molecule has 3 rings (SSSR count). The molecule has 32 heavy (non-hydrogen) atoms. The van der Waals surface area contributed by atoms with Gasteiger partial charge in [0.05, 0.1) is 23.9 Å². The van der Waals surface area contributed by atoms with Crippen molar-refractivity contribution in [2.75, 3.05) is 39.6 Å². The number of ether oxygens (including phenoxy) is 1. The van der Waals surface area contributed by atoms with Gasteiger partial charge < -0.3 is 15.0 Å². The highest BCUT2D eigenvalue weighted by atomic mass is 19.1. The monoisotopic (exact) mass is 435 g/mol. The number of halogens is 1. The average Bonchev–Trinajstić information content (AvgIpc) is 2.79. The van der Waals surface area contributed by atoms with Gasteiger partial charge in [-0.1, -0.05) is 18.2 Å². The van der Waals surface area contributed by atoms with Crippen molar-refractivity contribution in [2.24, 2.45) is 7.05 Å². The third-order valence-corrected chi connectivity index (χ3v) is 5.10. The smallest absolute Gasteiger partial charge is 0.263 e. The van der Waals surface area contributed by atoms with Crippen molar-refractivity contribution < 1.29 is 9.13 Å². The van der Waals surface area contributed by atoms with Crippen LogP contribution in [0.25, 0.3) is 22.4 Å². The van der Waals surface area contributed by atoms with Crippen molar-refractivity contribution in [3.8, 4) is 34.2 Å². The number of methoxy groups -OCH3 is 1. The van der Waals surface area contributed by atoms with Gasteiger partial charge in [0.25, 0.3) is 5.56 Å². The fraction of sp³-hybridized carbons (Fsp3) is 0.292. The van der Waals surface area contributed by atoms with E-state index in [-0.39, 0.29) is 11.1 Å². The molecule has 2 aromatic carbocycles. The van der Waals surface area contributed by atoms with Crippen LogP contribution in [0.2, 0.25) is 0 Å². The Kier molecular flexibility index (Phi) is 7.23. The van der Waals surface area contributed by atoms with Crippen LogP contribution in [-0.2, 0) is 7.05 Å². The third-order valence-electron chi connectivity index (χ3n) is 5.10. The van der Waals surface area contributed by atoms with E-state index in [1.165, 1.54) is 16.7 Å². The number of aromatic nitrogens is 2. The predicted octanol–water partition coefficient (Wildman–Crippen LogP) is 3.50. The van der Waals surface area contributed by atoms with Crippen molar-refractivity contribution >= 4 is 5.95 Å². The van der Waals surface area contributed by atoms with Crippen molar-refractivity contribution in [3.63, 3.8) is 0 Å². The number of benzene rings is 2. The SMILES string of the molecule is COc1ccc(-c2c(-c3ccc(C#N)c(F)c3)nc(NCCCN(C)C)n(C)c2=O)cc1. The van der Waals surface area contributed by atoms with Gasteiger partial charge >= 0.3 is 0 Å². The lowest BCUT2D eigenvalue weighted by Gasteiger charge is -2.17. The minimum Gasteiger partial charge on any atom is -0.497 e. The first kappa shape index (κ1) is 23.0. The Bertz CT molecular complexity index is 1200. The minimum atomic E-state index is -0.659. The zero-order valence-corrected chi connectivity index (χ0v) is 18.6. The molecule has 1 heterocycles. The molecule has 0 atom stereocenters. The number of nitriles is 1. The van der Waals surface area contributed by atoms with Crippen LogP contribution >= 0.6 is 0 Å². The molecule has 0 amide bonds. The minimum absolute atomic E-state index is 0.0642. The van der Waals surface area contributed by atoms with Gasteiger partial charge in [-0.3, -0.25) is 9.36 Å². The highest BCUT2D eigenvalue weighted by molar-refractivity contribution is 5.81. The van der Waals surface area contributed by atoms with E-state index in [4.69, 9.17) is 15.0 Å². The standard InChI is InChI=1S/C24H26FN5O2/c1-29(2)13-5-12-27-24-28-22(17-6-7-18(15-26)20(25)14-17)21(23(31)30(24)3)16-8-10-19(32-4)11-9-16/h6-11,14H,5,12-13H2,1-4H3,(H,27,28). The number of nitrogens with zero attached hydrogens (tertiary/aromatic N) is 4. The predicted molar refractivity (Wildman–Crippen MR) is 123 cm³/mol. The lowest BCUT2D eigenvalue weighted by molar-refractivity contribution is 0.405. The van der Waals surface area contributed by atoms with E-state index < -0.39 is 5.82 Å². The summed E-state index contributed by atoms with van der Waals surface area (Å²) < 4.78 is 21.1. The molecular weight excluding hydrogens is 409 g/mol. The lowest BCUT2D eigenvalue weighted by Crippen LogP contribution is -2.26. The van der Waals surface area contributed by atoms with E-state index in [0.717, 1.165) is 13.0 Å². The van der Waals surface area contributed by atoms with E-state index in [9.17, 15) is 9.18 Å². The van der Waals surface area contributed by atoms with Gasteiger partial charge in [-0.25, -0.2) is 9.37 Å². The second kappa shape index (κ2) is 10.1. The molecule has 8 heteroatoms. The van der Waals surface area contributed by atoms with Crippen LogP contribution in [-0.4, -0.2) is 48.7 Å². The lowest BCUT2D eigenvalue weighted by atomic mass is 9.99. The van der Waals surface area contributed by atoms with E-state index in [0.29, 0.717) is 40.6 Å². The Hall–Kier alpha value is -3.70. The van der Waals surface area contributed by atoms with E-state index >= 15 is 0 Å². The summed E-state index contributed by atoms with van der Waals surface area (Å²) in [6.45, 7) is 1.51. The summed E-state index contributed by atoms with van der Waals surface area (Å²) in [5.74, 6) is 0.392. The zero-order chi connectivity index (χ0) is 23.3. The van der Waals surface area contributed by atoms with Crippen LogP contribution in [0.4, 0.5) is 10.3 Å². The molecule has 1 N–H and O–H groups in total. The fourth-order valence-electron chi connectivity index (χ4n) is 3.34. The van der Waals surface area contributed by atoms with E-state index in [2.05, 4.69) is 10.2 Å². The van der Waals surface area contributed by atoms with E-state index in [1.54, 1.807) is 44.5 Å². The van der Waals surface area contributed by atoms with Crippen molar-refractivity contribution in [1.82, 2.24) is 14.5 Å². The van der Waals surface area contributed by atoms with Gasteiger partial charge in [0.2, 0.25) is 5.95 Å². The topological polar surface area (TPSA) is 83.2 Å². The molecule has 0 saturated heterocycles. The molecule has 0 radical (unpaired) electrons. The summed E-state index contributed by atoms with van der Waals surface area (Å²) >= 11 is 0. The Labute approximate surface area is 186 Å². The van der Waals surface area contributed by atoms with Crippen LogP contribution in [0.15, 0.2) is 47.3 Å². The molecule has 0 aliphatic rings. The third kappa shape index (κ3) is 4.95. The van der Waals surface area contributed by atoms with Gasteiger partial charge in [-0.2, -0.15) is 5.26 Å². The molecule has 3 aromatic rings. The molecule has 0 fully saturated rings. The first-order valence-corrected chi connectivity index (χ1v) is 10.2. The normalized spacial score (nSPS) is 10.8. The molecule has 0 unspecified atom stereocenters. The Morgan fingerprint density at radius 1 is 1.19 bits per heavy atom. The molecule has 0 spiro atoms.